The van der Waals surface area contributed by atoms with Gasteiger partial charge >= 0.3 is 0 Å². The molecule has 0 aliphatic carbocycles. The molecule has 2 aromatic rings. The number of aryl methyl sites for hydroxylation is 1. The number of halogens is 1. The molecule has 0 saturated carbocycles. The average molecular weight is 252 g/mol. The van der Waals surface area contributed by atoms with Gasteiger partial charge in [0.15, 0.2) is 0 Å². The van der Waals surface area contributed by atoms with Crippen molar-refractivity contribution < 1.29 is 0 Å². The minimum absolute atomic E-state index is 0.0668. The average Bonchev–Trinajstić information content (AvgIpc) is 2.65. The fourth-order valence-corrected chi connectivity index (χ4v) is 2.76. The van der Waals surface area contributed by atoms with Crippen molar-refractivity contribution >= 4 is 22.9 Å². The Morgan fingerprint density at radius 3 is 2.75 bits per heavy atom. The van der Waals surface area contributed by atoms with Gasteiger partial charge in [0.25, 0.3) is 0 Å². The van der Waals surface area contributed by atoms with Crippen LogP contribution in [0.15, 0.2) is 36.4 Å². The number of hydrogen-bond donors (Lipinski definition) is 1. The van der Waals surface area contributed by atoms with E-state index in [0.717, 1.165) is 11.4 Å². The van der Waals surface area contributed by atoms with Gasteiger partial charge in [-0.15, -0.1) is 11.3 Å². The molecule has 2 N–H and O–H groups in total. The summed E-state index contributed by atoms with van der Waals surface area (Å²) in [5.74, 6) is 0. The first-order valence-electron chi connectivity index (χ1n) is 5.21. The van der Waals surface area contributed by atoms with Crippen molar-refractivity contribution in [1.82, 2.24) is 0 Å². The first-order chi connectivity index (χ1) is 7.65. The summed E-state index contributed by atoms with van der Waals surface area (Å²) in [7, 11) is 0. The third kappa shape index (κ3) is 2.85. The van der Waals surface area contributed by atoms with E-state index in [-0.39, 0.29) is 6.04 Å². The second-order valence-corrected chi connectivity index (χ2v) is 5.64. The molecule has 1 atom stereocenters. The first-order valence-corrected chi connectivity index (χ1v) is 6.41. The highest BCUT2D eigenvalue weighted by Crippen LogP contribution is 2.24. The molecule has 1 heterocycles. The Balaban J connectivity index is 2.10. The van der Waals surface area contributed by atoms with E-state index in [1.165, 1.54) is 15.3 Å². The molecule has 16 heavy (non-hydrogen) atoms. The lowest BCUT2D eigenvalue weighted by molar-refractivity contribution is 0.736. The predicted molar refractivity (Wildman–Crippen MR) is 71.1 cm³/mol. The zero-order chi connectivity index (χ0) is 11.5. The summed E-state index contributed by atoms with van der Waals surface area (Å²) in [6, 6.07) is 12.2. The van der Waals surface area contributed by atoms with Crippen LogP contribution in [-0.2, 0) is 6.42 Å². The Hall–Kier alpha value is -0.830. The van der Waals surface area contributed by atoms with E-state index in [1.807, 2.05) is 18.2 Å². The molecule has 1 unspecified atom stereocenters. The number of hydrogen-bond acceptors (Lipinski definition) is 2. The molecule has 1 aromatic carbocycles. The van der Waals surface area contributed by atoms with Crippen LogP contribution in [0.3, 0.4) is 0 Å². The molecule has 2 rings (SSSR count). The van der Waals surface area contributed by atoms with Crippen molar-refractivity contribution in [3.8, 4) is 0 Å². The van der Waals surface area contributed by atoms with Crippen molar-refractivity contribution in [3.63, 3.8) is 0 Å². The molecule has 0 spiro atoms. The Morgan fingerprint density at radius 2 is 2.12 bits per heavy atom. The first kappa shape index (κ1) is 11.6. The van der Waals surface area contributed by atoms with Crippen molar-refractivity contribution in [2.24, 2.45) is 5.73 Å². The van der Waals surface area contributed by atoms with E-state index >= 15 is 0 Å². The third-order valence-corrected chi connectivity index (χ3v) is 3.84. The van der Waals surface area contributed by atoms with Gasteiger partial charge in [-0.25, -0.2) is 0 Å². The van der Waals surface area contributed by atoms with Crippen LogP contribution in [0.5, 0.6) is 0 Å². The topological polar surface area (TPSA) is 26.0 Å². The van der Waals surface area contributed by atoms with Gasteiger partial charge in [-0.2, -0.15) is 0 Å². The van der Waals surface area contributed by atoms with Crippen molar-refractivity contribution in [3.05, 3.63) is 56.7 Å². The van der Waals surface area contributed by atoms with Crippen LogP contribution in [0.25, 0.3) is 0 Å². The van der Waals surface area contributed by atoms with Crippen LogP contribution < -0.4 is 5.73 Å². The SMILES string of the molecule is Cc1ccc(C(N)Cc2cccc(Cl)c2)s1. The summed E-state index contributed by atoms with van der Waals surface area (Å²) in [5, 5.41) is 0.770. The summed E-state index contributed by atoms with van der Waals surface area (Å²) in [5.41, 5.74) is 7.34. The molecule has 0 radical (unpaired) electrons. The van der Waals surface area contributed by atoms with E-state index in [0.29, 0.717) is 0 Å². The Labute approximate surface area is 105 Å². The summed E-state index contributed by atoms with van der Waals surface area (Å²) in [4.78, 5) is 2.54. The second kappa shape index (κ2) is 5.00. The van der Waals surface area contributed by atoms with E-state index in [9.17, 15) is 0 Å². The van der Waals surface area contributed by atoms with Crippen LogP contribution in [0.4, 0.5) is 0 Å². The maximum atomic E-state index is 6.16. The molecule has 0 aliphatic rings. The molecule has 1 nitrogen and oxygen atoms in total. The molecule has 0 fully saturated rings. The zero-order valence-corrected chi connectivity index (χ0v) is 10.7. The third-order valence-electron chi connectivity index (χ3n) is 2.47. The molecule has 84 valence electrons. The standard InChI is InChI=1S/C13H14ClNS/c1-9-5-6-13(16-9)12(15)8-10-3-2-4-11(14)7-10/h2-7,12H,8,15H2,1H3. The van der Waals surface area contributed by atoms with Crippen molar-refractivity contribution in [1.29, 1.82) is 0 Å². The highest BCUT2D eigenvalue weighted by atomic mass is 35.5. The van der Waals surface area contributed by atoms with Gasteiger partial charge in [0.1, 0.15) is 0 Å². The molecule has 0 bridgehead atoms. The molecule has 0 amide bonds. The van der Waals surface area contributed by atoms with Crippen molar-refractivity contribution in [2.45, 2.75) is 19.4 Å². The normalized spacial score (nSPS) is 12.7. The summed E-state index contributed by atoms with van der Waals surface area (Å²) < 4.78 is 0. The highest BCUT2D eigenvalue weighted by molar-refractivity contribution is 7.12. The van der Waals surface area contributed by atoms with Crippen LogP contribution in [0.2, 0.25) is 5.02 Å². The Kier molecular flexibility index (Phi) is 3.64. The number of rotatable bonds is 3. The maximum Gasteiger partial charge on any atom is 0.0430 e. The van der Waals surface area contributed by atoms with Crippen LogP contribution in [-0.4, -0.2) is 0 Å². The smallest absolute Gasteiger partial charge is 0.0430 e. The summed E-state index contributed by atoms with van der Waals surface area (Å²) in [6.07, 6.45) is 0.834. The number of benzene rings is 1. The zero-order valence-electron chi connectivity index (χ0n) is 9.11. The Bertz CT molecular complexity index is 478. The maximum absolute atomic E-state index is 6.16. The fourth-order valence-electron chi connectivity index (χ4n) is 1.67. The van der Waals surface area contributed by atoms with Gasteiger partial charge in [-0.05, 0) is 43.2 Å². The monoisotopic (exact) mass is 251 g/mol. The van der Waals surface area contributed by atoms with Crippen LogP contribution >= 0.6 is 22.9 Å². The highest BCUT2D eigenvalue weighted by Gasteiger charge is 2.09. The van der Waals surface area contributed by atoms with Gasteiger partial charge in [-0.3, -0.25) is 0 Å². The lowest BCUT2D eigenvalue weighted by atomic mass is 10.1. The van der Waals surface area contributed by atoms with Crippen LogP contribution in [0, 0.1) is 6.92 Å². The lowest BCUT2D eigenvalue weighted by Crippen LogP contribution is -2.11. The van der Waals surface area contributed by atoms with Gasteiger partial charge in [0, 0.05) is 20.8 Å². The van der Waals surface area contributed by atoms with Gasteiger partial charge in [-0.1, -0.05) is 23.7 Å². The molecule has 0 saturated heterocycles. The number of thiophene rings is 1. The largest absolute Gasteiger partial charge is 0.323 e. The second-order valence-electron chi connectivity index (χ2n) is 3.89. The lowest BCUT2D eigenvalue weighted by Gasteiger charge is -2.09. The van der Waals surface area contributed by atoms with E-state index in [4.69, 9.17) is 17.3 Å². The summed E-state index contributed by atoms with van der Waals surface area (Å²) >= 11 is 7.70. The van der Waals surface area contributed by atoms with E-state index in [1.54, 1.807) is 11.3 Å². The minimum Gasteiger partial charge on any atom is -0.323 e. The molecule has 1 aromatic heterocycles. The van der Waals surface area contributed by atoms with Crippen molar-refractivity contribution in [2.75, 3.05) is 0 Å². The van der Waals surface area contributed by atoms with Crippen LogP contribution in [0.1, 0.15) is 21.4 Å². The Morgan fingerprint density at radius 1 is 1.31 bits per heavy atom. The quantitative estimate of drug-likeness (QED) is 0.878. The molecule has 3 heteroatoms. The molecular formula is C13H14ClNS. The molecular weight excluding hydrogens is 238 g/mol. The van der Waals surface area contributed by atoms with E-state index < -0.39 is 0 Å². The van der Waals surface area contributed by atoms with Gasteiger partial charge in [0.2, 0.25) is 0 Å². The van der Waals surface area contributed by atoms with Gasteiger partial charge in [0.05, 0.1) is 0 Å². The minimum atomic E-state index is 0.0668. The summed E-state index contributed by atoms with van der Waals surface area (Å²) in [6.45, 7) is 2.10. The molecule has 0 aliphatic heterocycles. The number of nitrogens with two attached hydrogens (primary N) is 1. The van der Waals surface area contributed by atoms with E-state index in [2.05, 4.69) is 25.1 Å². The fraction of sp³-hybridized carbons (Fsp3) is 0.231. The van der Waals surface area contributed by atoms with Gasteiger partial charge < -0.3 is 5.73 Å². The predicted octanol–water partition coefficient (Wildman–Crippen LogP) is 3.95.